The van der Waals surface area contributed by atoms with Crippen molar-refractivity contribution in [2.24, 2.45) is 10.2 Å². The Kier molecular flexibility index (Phi) is 6.46. The number of methoxy groups -OCH3 is 2. The molecule has 0 fully saturated rings. The van der Waals surface area contributed by atoms with Crippen molar-refractivity contribution in [2.45, 2.75) is 13.2 Å². The highest BCUT2D eigenvalue weighted by Crippen LogP contribution is 2.19. The van der Waals surface area contributed by atoms with Crippen LogP contribution in [-0.2, 0) is 13.2 Å². The lowest BCUT2D eigenvalue weighted by molar-refractivity contribution is 0.279. The van der Waals surface area contributed by atoms with Crippen molar-refractivity contribution in [1.82, 2.24) is 9.97 Å². The number of ether oxygens (including phenoxy) is 3. The molecule has 0 saturated heterocycles. The molecule has 0 aliphatic heterocycles. The van der Waals surface area contributed by atoms with Gasteiger partial charge in [-0.1, -0.05) is 24.3 Å². The van der Waals surface area contributed by atoms with Crippen LogP contribution in [0.15, 0.2) is 65.0 Å². The molecule has 144 valence electrons. The Morgan fingerprint density at radius 2 is 1.75 bits per heavy atom. The molecule has 0 amide bonds. The van der Waals surface area contributed by atoms with Crippen LogP contribution in [-0.4, -0.2) is 24.2 Å². The molecule has 1 aromatic heterocycles. The minimum absolute atomic E-state index is 0.0163. The molecule has 0 aliphatic rings. The largest absolute Gasteiger partial charge is 0.497 e. The number of halogens is 1. The highest BCUT2D eigenvalue weighted by atomic mass is 19.1. The van der Waals surface area contributed by atoms with Gasteiger partial charge in [-0.15, -0.1) is 5.11 Å². The Labute approximate surface area is 161 Å². The molecule has 0 unspecified atom stereocenters. The van der Waals surface area contributed by atoms with Crippen molar-refractivity contribution in [2.75, 3.05) is 14.2 Å². The number of hydrogen-bond donors (Lipinski definition) is 0. The van der Waals surface area contributed by atoms with E-state index >= 15 is 0 Å². The fraction of sp³-hybridized carbons (Fsp3) is 0.200. The zero-order valence-electron chi connectivity index (χ0n) is 15.5. The van der Waals surface area contributed by atoms with E-state index in [0.29, 0.717) is 5.75 Å². The van der Waals surface area contributed by atoms with Crippen molar-refractivity contribution in [1.29, 1.82) is 0 Å². The molecule has 8 heteroatoms. The first-order valence-corrected chi connectivity index (χ1v) is 8.46. The van der Waals surface area contributed by atoms with Gasteiger partial charge in [0.2, 0.25) is 5.82 Å². The molecule has 1 heterocycles. The van der Waals surface area contributed by atoms with E-state index in [4.69, 9.17) is 14.2 Å². The highest BCUT2D eigenvalue weighted by Gasteiger charge is 2.08. The fourth-order valence-electron chi connectivity index (χ4n) is 2.31. The average Bonchev–Trinajstić information content (AvgIpc) is 2.74. The first kappa shape index (κ1) is 19.2. The van der Waals surface area contributed by atoms with Crippen molar-refractivity contribution in [3.63, 3.8) is 0 Å². The van der Waals surface area contributed by atoms with E-state index in [-0.39, 0.29) is 25.0 Å². The summed E-state index contributed by atoms with van der Waals surface area (Å²) in [6.07, 6.45) is 1.01. The summed E-state index contributed by atoms with van der Waals surface area (Å²) in [6.45, 7) is 0.499. The van der Waals surface area contributed by atoms with E-state index in [2.05, 4.69) is 20.2 Å². The van der Waals surface area contributed by atoms with E-state index in [1.54, 1.807) is 14.2 Å². The topological polar surface area (TPSA) is 78.2 Å². The van der Waals surface area contributed by atoms with Crippen LogP contribution in [0, 0.1) is 5.82 Å². The molecular weight excluding hydrogens is 363 g/mol. The Bertz CT molecular complexity index is 948. The van der Waals surface area contributed by atoms with Crippen molar-refractivity contribution < 1.29 is 18.6 Å². The number of rotatable bonds is 8. The molecular formula is C20H19FN4O3. The lowest BCUT2D eigenvalue weighted by atomic mass is 10.2. The first-order valence-electron chi connectivity index (χ1n) is 8.46. The Morgan fingerprint density at radius 1 is 0.964 bits per heavy atom. The zero-order chi connectivity index (χ0) is 19.8. The Balaban J connectivity index is 1.63. The van der Waals surface area contributed by atoms with Gasteiger partial charge >= 0.3 is 6.01 Å². The predicted molar refractivity (Wildman–Crippen MR) is 101 cm³/mol. The third kappa shape index (κ3) is 5.23. The van der Waals surface area contributed by atoms with Gasteiger partial charge in [0, 0.05) is 0 Å². The fourth-order valence-corrected chi connectivity index (χ4v) is 2.31. The number of azo groups is 1. The number of benzene rings is 2. The van der Waals surface area contributed by atoms with E-state index in [9.17, 15) is 4.39 Å². The van der Waals surface area contributed by atoms with E-state index in [0.717, 1.165) is 23.1 Å². The van der Waals surface area contributed by atoms with Crippen molar-refractivity contribution in [3.8, 4) is 17.5 Å². The maximum atomic E-state index is 13.9. The molecule has 3 aromatic rings. The number of nitrogens with zero attached hydrogens (tertiary/aromatic N) is 4. The van der Waals surface area contributed by atoms with Crippen LogP contribution in [0.25, 0.3) is 0 Å². The average molecular weight is 382 g/mol. The van der Waals surface area contributed by atoms with E-state index in [1.165, 1.54) is 0 Å². The van der Waals surface area contributed by atoms with E-state index in [1.807, 2.05) is 48.5 Å². The maximum absolute atomic E-state index is 13.9. The third-order valence-corrected chi connectivity index (χ3v) is 3.78. The van der Waals surface area contributed by atoms with Gasteiger partial charge in [0.1, 0.15) is 18.1 Å². The third-order valence-electron chi connectivity index (χ3n) is 3.78. The van der Waals surface area contributed by atoms with Gasteiger partial charge < -0.3 is 14.2 Å². The normalized spacial score (nSPS) is 10.8. The van der Waals surface area contributed by atoms with Crippen LogP contribution in [0.2, 0.25) is 0 Å². The summed E-state index contributed by atoms with van der Waals surface area (Å²) in [4.78, 5) is 7.80. The van der Waals surface area contributed by atoms with Crippen LogP contribution in [0.3, 0.4) is 0 Å². The molecule has 2 aromatic carbocycles. The molecule has 0 radical (unpaired) electrons. The SMILES string of the molecule is COc1ccc(CN=Nc2nc(OCc3cccc(OC)c3)ncc2F)cc1. The van der Waals surface area contributed by atoms with Gasteiger partial charge in [0.05, 0.1) is 27.0 Å². The molecule has 0 N–H and O–H groups in total. The van der Waals surface area contributed by atoms with Crippen LogP contribution in [0.1, 0.15) is 11.1 Å². The smallest absolute Gasteiger partial charge is 0.318 e. The standard InChI is InChI=1S/C20H19FN4O3/c1-26-16-8-6-14(7-9-16)11-23-25-19-18(21)12-22-20(24-19)28-13-15-4-3-5-17(10-15)27-2/h3-10,12H,11,13H2,1-2H3. The monoisotopic (exact) mass is 382 g/mol. The first-order chi connectivity index (χ1) is 13.7. The molecule has 3 rings (SSSR count). The van der Waals surface area contributed by atoms with Gasteiger partial charge in [-0.3, -0.25) is 0 Å². The van der Waals surface area contributed by atoms with Gasteiger partial charge in [-0.25, -0.2) is 9.37 Å². The zero-order valence-corrected chi connectivity index (χ0v) is 15.5. The van der Waals surface area contributed by atoms with Crippen molar-refractivity contribution >= 4 is 5.82 Å². The van der Waals surface area contributed by atoms with Gasteiger partial charge in [-0.05, 0) is 35.4 Å². The van der Waals surface area contributed by atoms with Gasteiger partial charge in [-0.2, -0.15) is 10.1 Å². The second-order valence-electron chi connectivity index (χ2n) is 5.71. The molecule has 7 nitrogen and oxygen atoms in total. The maximum Gasteiger partial charge on any atom is 0.318 e. The molecule has 0 aliphatic carbocycles. The molecule has 0 spiro atoms. The summed E-state index contributed by atoms with van der Waals surface area (Å²) in [6, 6.07) is 14.8. The second kappa shape index (κ2) is 9.40. The summed E-state index contributed by atoms with van der Waals surface area (Å²) in [5, 5.41) is 7.85. The van der Waals surface area contributed by atoms with Gasteiger partial charge in [0.25, 0.3) is 0 Å². The lowest BCUT2D eigenvalue weighted by Gasteiger charge is -2.06. The molecule has 0 atom stereocenters. The van der Waals surface area contributed by atoms with E-state index < -0.39 is 5.82 Å². The summed E-state index contributed by atoms with van der Waals surface area (Å²) in [5.41, 5.74) is 1.78. The predicted octanol–water partition coefficient (Wildman–Crippen LogP) is 4.50. The summed E-state index contributed by atoms with van der Waals surface area (Å²) in [5.74, 6) is 0.617. The van der Waals surface area contributed by atoms with Crippen LogP contribution < -0.4 is 14.2 Å². The summed E-state index contributed by atoms with van der Waals surface area (Å²) >= 11 is 0. The highest BCUT2D eigenvalue weighted by molar-refractivity contribution is 5.30. The lowest BCUT2D eigenvalue weighted by Crippen LogP contribution is -2.00. The van der Waals surface area contributed by atoms with Crippen LogP contribution in [0.5, 0.6) is 17.5 Å². The quantitative estimate of drug-likeness (QED) is 0.536. The van der Waals surface area contributed by atoms with Gasteiger partial charge in [0.15, 0.2) is 5.82 Å². The molecule has 28 heavy (non-hydrogen) atoms. The summed E-state index contributed by atoms with van der Waals surface area (Å²) < 4.78 is 29.7. The Morgan fingerprint density at radius 3 is 2.50 bits per heavy atom. The molecule has 0 bridgehead atoms. The number of hydrogen-bond acceptors (Lipinski definition) is 7. The van der Waals surface area contributed by atoms with Crippen LogP contribution >= 0.6 is 0 Å². The Hall–Kier alpha value is -3.55. The summed E-state index contributed by atoms with van der Waals surface area (Å²) in [7, 11) is 3.19. The number of aromatic nitrogens is 2. The minimum Gasteiger partial charge on any atom is -0.497 e. The minimum atomic E-state index is -0.674. The van der Waals surface area contributed by atoms with Crippen LogP contribution in [0.4, 0.5) is 10.2 Å². The van der Waals surface area contributed by atoms with Crippen molar-refractivity contribution in [3.05, 3.63) is 71.7 Å². The molecule has 0 saturated carbocycles. The second-order valence-corrected chi connectivity index (χ2v) is 5.71.